The van der Waals surface area contributed by atoms with E-state index in [9.17, 15) is 0 Å². The standard InChI is InChI=1S/C14H17Br2N3O/c1-9-14(16)13(19(3)18-9)8-20-11-4-5-12(15)10(6-11)7-17-2/h4-6,17H,7-8H2,1-3H3. The summed E-state index contributed by atoms with van der Waals surface area (Å²) in [6.45, 7) is 3.25. The van der Waals surface area contributed by atoms with Gasteiger partial charge in [0.15, 0.2) is 0 Å². The minimum absolute atomic E-state index is 0.485. The first-order valence-electron chi connectivity index (χ1n) is 6.26. The molecule has 0 aliphatic rings. The molecular weight excluding hydrogens is 386 g/mol. The molecule has 0 amide bonds. The van der Waals surface area contributed by atoms with Crippen molar-refractivity contribution in [1.29, 1.82) is 0 Å². The van der Waals surface area contributed by atoms with Gasteiger partial charge in [-0.3, -0.25) is 4.68 Å². The van der Waals surface area contributed by atoms with Gasteiger partial charge in [-0.1, -0.05) is 15.9 Å². The van der Waals surface area contributed by atoms with E-state index in [1.165, 1.54) is 5.56 Å². The predicted molar refractivity (Wildman–Crippen MR) is 86.9 cm³/mol. The Balaban J connectivity index is 2.13. The molecular formula is C14H17Br2N3O. The third-order valence-electron chi connectivity index (χ3n) is 3.02. The number of aromatic nitrogens is 2. The van der Waals surface area contributed by atoms with E-state index < -0.39 is 0 Å². The number of hydrogen-bond donors (Lipinski definition) is 1. The van der Waals surface area contributed by atoms with Gasteiger partial charge in [0.05, 0.1) is 15.9 Å². The fraction of sp³-hybridized carbons (Fsp3) is 0.357. The van der Waals surface area contributed by atoms with Crippen molar-refractivity contribution in [2.24, 2.45) is 7.05 Å². The summed E-state index contributed by atoms with van der Waals surface area (Å²) in [7, 11) is 3.85. The van der Waals surface area contributed by atoms with Crippen LogP contribution in [0.25, 0.3) is 0 Å². The number of rotatable bonds is 5. The molecule has 6 heteroatoms. The van der Waals surface area contributed by atoms with E-state index in [1.807, 2.05) is 43.9 Å². The van der Waals surface area contributed by atoms with Crippen LogP contribution >= 0.6 is 31.9 Å². The van der Waals surface area contributed by atoms with Crippen LogP contribution in [-0.2, 0) is 20.2 Å². The zero-order valence-electron chi connectivity index (χ0n) is 11.7. The van der Waals surface area contributed by atoms with Gasteiger partial charge in [0.25, 0.3) is 0 Å². The van der Waals surface area contributed by atoms with Gasteiger partial charge < -0.3 is 10.1 Å². The van der Waals surface area contributed by atoms with Gasteiger partial charge in [0.1, 0.15) is 12.4 Å². The van der Waals surface area contributed by atoms with Crippen LogP contribution in [0.15, 0.2) is 27.1 Å². The number of benzene rings is 1. The van der Waals surface area contributed by atoms with Gasteiger partial charge >= 0.3 is 0 Å². The third-order valence-corrected chi connectivity index (χ3v) is 4.83. The van der Waals surface area contributed by atoms with E-state index in [4.69, 9.17) is 4.74 Å². The molecule has 0 aliphatic carbocycles. The summed E-state index contributed by atoms with van der Waals surface area (Å²) >= 11 is 7.08. The second-order valence-electron chi connectivity index (χ2n) is 4.54. The SMILES string of the molecule is CNCc1cc(OCc2c(Br)c(C)nn2C)ccc1Br. The van der Waals surface area contributed by atoms with Gasteiger partial charge in [-0.15, -0.1) is 0 Å². The van der Waals surface area contributed by atoms with E-state index in [-0.39, 0.29) is 0 Å². The molecule has 1 N–H and O–H groups in total. The number of hydrogen-bond acceptors (Lipinski definition) is 3. The van der Waals surface area contributed by atoms with E-state index in [0.29, 0.717) is 6.61 Å². The maximum atomic E-state index is 5.87. The summed E-state index contributed by atoms with van der Waals surface area (Å²) in [4.78, 5) is 0. The Labute approximate surface area is 135 Å². The lowest BCUT2D eigenvalue weighted by Crippen LogP contribution is -2.07. The van der Waals surface area contributed by atoms with E-state index in [2.05, 4.69) is 42.3 Å². The summed E-state index contributed by atoms with van der Waals surface area (Å²) in [5, 5.41) is 7.50. The van der Waals surface area contributed by atoms with Crippen molar-refractivity contribution in [3.05, 3.63) is 44.1 Å². The average molecular weight is 403 g/mol. The topological polar surface area (TPSA) is 39.1 Å². The van der Waals surface area contributed by atoms with Crippen LogP contribution in [0.1, 0.15) is 17.0 Å². The molecule has 1 heterocycles. The Morgan fingerprint density at radius 1 is 1.35 bits per heavy atom. The first-order chi connectivity index (χ1) is 9.52. The molecule has 0 spiro atoms. The summed E-state index contributed by atoms with van der Waals surface area (Å²) in [5.74, 6) is 0.851. The number of nitrogens with zero attached hydrogens (tertiary/aromatic N) is 2. The van der Waals surface area contributed by atoms with Crippen LogP contribution in [0.3, 0.4) is 0 Å². The number of ether oxygens (including phenoxy) is 1. The Morgan fingerprint density at radius 2 is 2.10 bits per heavy atom. The minimum atomic E-state index is 0.485. The average Bonchev–Trinajstić information content (AvgIpc) is 2.65. The molecule has 2 rings (SSSR count). The summed E-state index contributed by atoms with van der Waals surface area (Å²) in [6.07, 6.45) is 0. The Kier molecular flexibility index (Phi) is 5.23. The molecule has 0 aliphatic heterocycles. The first-order valence-corrected chi connectivity index (χ1v) is 7.85. The lowest BCUT2D eigenvalue weighted by Gasteiger charge is -2.10. The van der Waals surface area contributed by atoms with Gasteiger partial charge in [0.2, 0.25) is 0 Å². The predicted octanol–water partition coefficient (Wildman–Crippen LogP) is 3.55. The Morgan fingerprint density at radius 3 is 2.70 bits per heavy atom. The van der Waals surface area contributed by atoms with Gasteiger partial charge in [0, 0.05) is 18.1 Å². The molecule has 0 saturated carbocycles. The highest BCUT2D eigenvalue weighted by molar-refractivity contribution is 9.10. The normalized spacial score (nSPS) is 10.8. The summed E-state index contributed by atoms with van der Waals surface area (Å²) in [5.41, 5.74) is 3.17. The van der Waals surface area contributed by atoms with Crippen LogP contribution in [-0.4, -0.2) is 16.8 Å². The zero-order valence-corrected chi connectivity index (χ0v) is 14.9. The van der Waals surface area contributed by atoms with Crippen molar-refractivity contribution in [2.75, 3.05) is 7.05 Å². The smallest absolute Gasteiger partial charge is 0.131 e. The molecule has 0 saturated heterocycles. The molecule has 108 valence electrons. The first kappa shape index (κ1) is 15.5. The molecule has 0 unspecified atom stereocenters. The highest BCUT2D eigenvalue weighted by Gasteiger charge is 2.11. The van der Waals surface area contributed by atoms with E-state index >= 15 is 0 Å². The van der Waals surface area contributed by atoms with Gasteiger partial charge in [-0.2, -0.15) is 5.10 Å². The van der Waals surface area contributed by atoms with Crippen LogP contribution in [0.2, 0.25) is 0 Å². The van der Waals surface area contributed by atoms with Crippen molar-refractivity contribution < 1.29 is 4.74 Å². The molecule has 0 radical (unpaired) electrons. The maximum Gasteiger partial charge on any atom is 0.131 e. The largest absolute Gasteiger partial charge is 0.487 e. The molecule has 4 nitrogen and oxygen atoms in total. The quantitative estimate of drug-likeness (QED) is 0.831. The van der Waals surface area contributed by atoms with E-state index in [0.717, 1.165) is 32.6 Å². The minimum Gasteiger partial charge on any atom is -0.487 e. The molecule has 2 aromatic rings. The Hall–Kier alpha value is -0.850. The second-order valence-corrected chi connectivity index (χ2v) is 6.19. The monoisotopic (exact) mass is 401 g/mol. The van der Waals surface area contributed by atoms with Crippen molar-refractivity contribution in [3.8, 4) is 5.75 Å². The van der Waals surface area contributed by atoms with Crippen LogP contribution in [0, 0.1) is 6.92 Å². The number of halogens is 2. The maximum absolute atomic E-state index is 5.87. The highest BCUT2D eigenvalue weighted by atomic mass is 79.9. The van der Waals surface area contributed by atoms with Crippen LogP contribution in [0.5, 0.6) is 5.75 Å². The summed E-state index contributed by atoms with van der Waals surface area (Å²) in [6, 6.07) is 6.00. The third kappa shape index (κ3) is 3.42. The second kappa shape index (κ2) is 6.74. The van der Waals surface area contributed by atoms with Crippen LogP contribution in [0.4, 0.5) is 0 Å². The van der Waals surface area contributed by atoms with Crippen molar-refractivity contribution >= 4 is 31.9 Å². The van der Waals surface area contributed by atoms with Crippen molar-refractivity contribution in [1.82, 2.24) is 15.1 Å². The number of aryl methyl sites for hydroxylation is 2. The highest BCUT2D eigenvalue weighted by Crippen LogP contribution is 2.25. The van der Waals surface area contributed by atoms with Gasteiger partial charge in [-0.25, -0.2) is 0 Å². The summed E-state index contributed by atoms with van der Waals surface area (Å²) < 4.78 is 9.80. The van der Waals surface area contributed by atoms with Gasteiger partial charge in [-0.05, 0) is 53.7 Å². The molecule has 1 aromatic heterocycles. The number of nitrogens with one attached hydrogen (secondary N) is 1. The molecule has 0 bridgehead atoms. The fourth-order valence-corrected chi connectivity index (χ4v) is 2.79. The van der Waals surface area contributed by atoms with E-state index in [1.54, 1.807) is 0 Å². The fourth-order valence-electron chi connectivity index (χ4n) is 1.96. The zero-order chi connectivity index (χ0) is 14.7. The molecule has 0 fully saturated rings. The molecule has 0 atom stereocenters. The van der Waals surface area contributed by atoms with Crippen molar-refractivity contribution in [3.63, 3.8) is 0 Å². The molecule has 1 aromatic carbocycles. The Bertz CT molecular complexity index is 611. The van der Waals surface area contributed by atoms with Crippen LogP contribution < -0.4 is 10.1 Å². The molecule has 20 heavy (non-hydrogen) atoms. The lowest BCUT2D eigenvalue weighted by atomic mass is 10.2. The lowest BCUT2D eigenvalue weighted by molar-refractivity contribution is 0.293. The van der Waals surface area contributed by atoms with Crippen molar-refractivity contribution in [2.45, 2.75) is 20.1 Å².